The van der Waals surface area contributed by atoms with E-state index in [0.29, 0.717) is 40.0 Å². The second-order valence-corrected chi connectivity index (χ2v) is 7.53. The Bertz CT molecular complexity index is 1480. The van der Waals surface area contributed by atoms with Crippen LogP contribution in [0, 0.1) is 10.1 Å². The second-order valence-electron chi connectivity index (χ2n) is 7.53. The number of rotatable bonds is 7. The lowest BCUT2D eigenvalue weighted by Crippen LogP contribution is -2.19. The van der Waals surface area contributed by atoms with Gasteiger partial charge in [0, 0.05) is 41.4 Å². The number of methoxy groups -OCH3 is 1. The number of urea groups is 1. The summed E-state index contributed by atoms with van der Waals surface area (Å²) in [6, 6.07) is 17.7. The van der Waals surface area contributed by atoms with Crippen molar-refractivity contribution in [3.63, 3.8) is 0 Å². The third kappa shape index (κ3) is 5.69. The highest BCUT2D eigenvalue weighted by molar-refractivity contribution is 6.01. The van der Waals surface area contributed by atoms with Crippen LogP contribution >= 0.6 is 0 Å². The van der Waals surface area contributed by atoms with E-state index in [1.165, 1.54) is 12.1 Å². The van der Waals surface area contributed by atoms with Crippen LogP contribution in [0.2, 0.25) is 0 Å². The van der Waals surface area contributed by atoms with Gasteiger partial charge < -0.3 is 15.4 Å². The number of non-ortho nitro benzene ring substituents is 1. The summed E-state index contributed by atoms with van der Waals surface area (Å²) >= 11 is 0. The van der Waals surface area contributed by atoms with Crippen LogP contribution in [0.1, 0.15) is 11.3 Å². The normalized spacial score (nSPS) is 10.9. The molecule has 0 atom stereocenters. The zero-order chi connectivity index (χ0) is 24.8. The van der Waals surface area contributed by atoms with Crippen LogP contribution in [0.15, 0.2) is 77.6 Å². The molecule has 0 spiro atoms. The number of hydrogen-bond acceptors (Lipinski definition) is 6. The maximum absolute atomic E-state index is 12.4. The molecule has 0 fully saturated rings. The number of nitro groups is 1. The summed E-state index contributed by atoms with van der Waals surface area (Å²) in [4.78, 5) is 35.1. The Balaban J connectivity index is 1.48. The van der Waals surface area contributed by atoms with Crippen molar-refractivity contribution in [3.8, 4) is 5.75 Å². The van der Waals surface area contributed by atoms with Crippen LogP contribution < -0.4 is 20.9 Å². The molecule has 0 saturated heterocycles. The van der Waals surface area contributed by atoms with E-state index in [0.717, 1.165) is 5.56 Å². The summed E-state index contributed by atoms with van der Waals surface area (Å²) in [5, 5.41) is 23.9. The number of hydrogen-bond donors (Lipinski definition) is 3. The van der Waals surface area contributed by atoms with E-state index in [1.54, 1.807) is 61.7 Å². The van der Waals surface area contributed by atoms with Crippen LogP contribution in [0.25, 0.3) is 16.8 Å². The van der Waals surface area contributed by atoms with Gasteiger partial charge in [-0.15, -0.1) is 0 Å². The number of aromatic amines is 1. The number of carbonyl (C=O) groups is 1. The average molecular weight is 471 g/mol. The summed E-state index contributed by atoms with van der Waals surface area (Å²) in [5.74, 6) is 0.614. The highest BCUT2D eigenvalue weighted by Crippen LogP contribution is 2.21. The molecule has 4 aromatic rings. The zero-order valence-corrected chi connectivity index (χ0v) is 18.6. The Hall–Kier alpha value is -4.99. The number of carbonyl (C=O) groups excluding carboxylic acids is 1. The summed E-state index contributed by atoms with van der Waals surface area (Å²) < 4.78 is 5.15. The Kier molecular flexibility index (Phi) is 6.82. The second kappa shape index (κ2) is 10.3. The molecule has 0 aliphatic rings. The van der Waals surface area contributed by atoms with Crippen molar-refractivity contribution in [1.82, 2.24) is 10.2 Å². The van der Waals surface area contributed by atoms with Crippen molar-refractivity contribution < 1.29 is 14.5 Å². The van der Waals surface area contributed by atoms with Crippen LogP contribution in [0.3, 0.4) is 0 Å². The first-order chi connectivity index (χ1) is 16.9. The van der Waals surface area contributed by atoms with Crippen LogP contribution in [0.4, 0.5) is 21.9 Å². The Morgan fingerprint density at radius 2 is 1.80 bits per heavy atom. The number of nitro benzene ring substituents is 1. The number of nitrogens with one attached hydrogen (secondary N) is 3. The summed E-state index contributed by atoms with van der Waals surface area (Å²) in [6.45, 7) is 0. The van der Waals surface area contributed by atoms with E-state index < -0.39 is 11.0 Å². The van der Waals surface area contributed by atoms with Gasteiger partial charge in [-0.1, -0.05) is 24.3 Å². The van der Waals surface area contributed by atoms with Crippen LogP contribution in [0.5, 0.6) is 5.75 Å². The van der Waals surface area contributed by atoms with E-state index in [1.807, 2.05) is 12.2 Å². The van der Waals surface area contributed by atoms with Crippen molar-refractivity contribution in [3.05, 3.63) is 105 Å². The lowest BCUT2D eigenvalue weighted by molar-refractivity contribution is -0.384. The van der Waals surface area contributed by atoms with Gasteiger partial charge in [-0.25, -0.2) is 9.89 Å². The van der Waals surface area contributed by atoms with E-state index in [9.17, 15) is 19.7 Å². The number of benzene rings is 3. The van der Waals surface area contributed by atoms with Crippen LogP contribution in [-0.2, 0) is 6.42 Å². The molecule has 0 saturated carbocycles. The first-order valence-electron chi connectivity index (χ1n) is 10.6. The fraction of sp³-hybridized carbons (Fsp3) is 0.0800. The molecule has 1 aromatic heterocycles. The summed E-state index contributed by atoms with van der Waals surface area (Å²) in [7, 11) is 1.54. The number of amides is 2. The summed E-state index contributed by atoms with van der Waals surface area (Å²) in [6.07, 6.45) is 4.10. The topological polar surface area (TPSA) is 139 Å². The van der Waals surface area contributed by atoms with Gasteiger partial charge in [-0.05, 0) is 42.0 Å². The Labute approximate surface area is 199 Å². The zero-order valence-electron chi connectivity index (χ0n) is 18.6. The number of aromatic nitrogens is 2. The van der Waals surface area contributed by atoms with Crippen LogP contribution in [-0.4, -0.2) is 28.3 Å². The smallest absolute Gasteiger partial charge is 0.323 e. The standard InChI is InChI=1S/C25H21N5O5/c1-35-20-6-3-5-17(14-20)26-25(32)27-18-10-13-21-22(15-18)24(31)29-28-23(21)7-2-4-16-8-11-19(12-9-16)30(33)34/h2-6,8-15H,7H2,1H3,(H,29,31)(H2,26,27,32)/b4-2+. The first-order valence-corrected chi connectivity index (χ1v) is 10.6. The molecule has 10 heteroatoms. The number of nitrogens with zero attached hydrogens (tertiary/aromatic N) is 2. The third-order valence-electron chi connectivity index (χ3n) is 5.18. The molecule has 0 aliphatic heterocycles. The number of anilines is 2. The molecule has 0 radical (unpaired) electrons. The molecule has 2 amide bonds. The maximum Gasteiger partial charge on any atom is 0.323 e. The molecular weight excluding hydrogens is 450 g/mol. The Morgan fingerprint density at radius 3 is 2.51 bits per heavy atom. The lowest BCUT2D eigenvalue weighted by Gasteiger charge is -2.10. The molecule has 176 valence electrons. The molecule has 0 aliphatic carbocycles. The Morgan fingerprint density at radius 1 is 1.06 bits per heavy atom. The van der Waals surface area contributed by atoms with E-state index in [2.05, 4.69) is 20.8 Å². The maximum atomic E-state index is 12.4. The number of fused-ring (bicyclic) bond motifs is 1. The quantitative estimate of drug-likeness (QED) is 0.263. The highest BCUT2D eigenvalue weighted by atomic mass is 16.6. The first kappa shape index (κ1) is 23.2. The van der Waals surface area contributed by atoms with E-state index >= 15 is 0 Å². The number of allylic oxidation sites excluding steroid dienone is 1. The molecular formula is C25H21N5O5. The largest absolute Gasteiger partial charge is 0.497 e. The van der Waals surface area contributed by atoms with Gasteiger partial charge in [-0.3, -0.25) is 14.9 Å². The van der Waals surface area contributed by atoms with E-state index in [4.69, 9.17) is 4.74 Å². The molecule has 0 unspecified atom stereocenters. The van der Waals surface area contributed by atoms with Gasteiger partial charge in [0.25, 0.3) is 11.2 Å². The fourth-order valence-electron chi connectivity index (χ4n) is 3.46. The molecule has 3 N–H and O–H groups in total. The monoisotopic (exact) mass is 471 g/mol. The molecule has 35 heavy (non-hydrogen) atoms. The minimum atomic E-state index is -0.464. The van der Waals surface area contributed by atoms with Gasteiger partial charge in [0.05, 0.1) is 23.1 Å². The number of H-pyrrole nitrogens is 1. The van der Waals surface area contributed by atoms with Gasteiger partial charge in [0.2, 0.25) is 0 Å². The van der Waals surface area contributed by atoms with E-state index in [-0.39, 0.29) is 11.2 Å². The lowest BCUT2D eigenvalue weighted by atomic mass is 10.1. The molecule has 4 rings (SSSR count). The minimum Gasteiger partial charge on any atom is -0.497 e. The van der Waals surface area contributed by atoms with Crippen molar-refractivity contribution in [1.29, 1.82) is 0 Å². The van der Waals surface area contributed by atoms with Gasteiger partial charge >= 0.3 is 6.03 Å². The van der Waals surface area contributed by atoms with Crippen molar-refractivity contribution in [2.75, 3.05) is 17.7 Å². The fourth-order valence-corrected chi connectivity index (χ4v) is 3.46. The number of ether oxygens (including phenoxy) is 1. The highest BCUT2D eigenvalue weighted by Gasteiger charge is 2.09. The SMILES string of the molecule is COc1cccc(NC(=O)Nc2ccc3c(C/C=C/c4ccc([N+](=O)[O-])cc4)n[nH]c(=O)c3c2)c1. The third-order valence-corrected chi connectivity index (χ3v) is 5.18. The molecule has 10 nitrogen and oxygen atoms in total. The molecule has 0 bridgehead atoms. The van der Waals surface area contributed by atoms with Crippen molar-refractivity contribution in [2.45, 2.75) is 6.42 Å². The predicted octanol–water partition coefficient (Wildman–Crippen LogP) is 4.74. The molecule has 1 heterocycles. The summed E-state index contributed by atoms with van der Waals surface area (Å²) in [5.41, 5.74) is 2.11. The predicted molar refractivity (Wildman–Crippen MR) is 134 cm³/mol. The average Bonchev–Trinajstić information content (AvgIpc) is 2.86. The van der Waals surface area contributed by atoms with Crippen molar-refractivity contribution >= 4 is 39.9 Å². The van der Waals surface area contributed by atoms with Crippen molar-refractivity contribution in [2.24, 2.45) is 0 Å². The van der Waals surface area contributed by atoms with Gasteiger partial charge in [0.1, 0.15) is 5.75 Å². The van der Waals surface area contributed by atoms with Gasteiger partial charge in [0.15, 0.2) is 0 Å². The minimum absolute atomic E-state index is 0.0250. The van der Waals surface area contributed by atoms with Gasteiger partial charge in [-0.2, -0.15) is 5.10 Å². The molecule has 3 aromatic carbocycles.